The third-order valence-electron chi connectivity index (χ3n) is 5.17. The summed E-state index contributed by atoms with van der Waals surface area (Å²) in [5.41, 5.74) is 0.925. The molecule has 2 aromatic heterocycles. The quantitative estimate of drug-likeness (QED) is 0.611. The van der Waals surface area contributed by atoms with E-state index >= 15 is 0 Å². The van der Waals surface area contributed by atoms with Crippen molar-refractivity contribution in [1.82, 2.24) is 24.3 Å². The molecule has 0 aliphatic carbocycles. The van der Waals surface area contributed by atoms with E-state index in [4.69, 9.17) is 4.52 Å². The zero-order valence-corrected chi connectivity index (χ0v) is 17.2. The summed E-state index contributed by atoms with van der Waals surface area (Å²) in [4.78, 5) is 10.7. The molecule has 1 atom stereocenters. The smallest absolute Gasteiger partial charge is 0.244 e. The molecule has 1 saturated heterocycles. The lowest BCUT2D eigenvalue weighted by Gasteiger charge is -2.36. The molecule has 10 heteroatoms. The maximum absolute atomic E-state index is 13.0. The fourth-order valence-corrected chi connectivity index (χ4v) is 4.99. The Morgan fingerprint density at radius 3 is 2.60 bits per heavy atom. The molecule has 3 aromatic rings. The van der Waals surface area contributed by atoms with Gasteiger partial charge in [-0.25, -0.2) is 8.42 Å². The van der Waals surface area contributed by atoms with Crippen molar-refractivity contribution in [2.75, 3.05) is 26.2 Å². The molecule has 4 rings (SSSR count). The summed E-state index contributed by atoms with van der Waals surface area (Å²) in [7, 11) is -3.72. The monoisotopic (exact) mass is 424 g/mol. The lowest BCUT2D eigenvalue weighted by molar-refractivity contribution is 0.124. The third-order valence-corrected chi connectivity index (χ3v) is 7.12. The number of pyridine rings is 1. The number of sulfonamides is 1. The molecule has 154 valence electrons. The van der Waals surface area contributed by atoms with Crippen LogP contribution in [0.3, 0.4) is 0 Å². The minimum absolute atomic E-state index is 0.0482. The van der Waals surface area contributed by atoms with Crippen LogP contribution in [-0.4, -0.2) is 58.9 Å². The lowest BCUT2D eigenvalue weighted by atomic mass is 10.2. The molecule has 0 N–H and O–H groups in total. The maximum Gasteiger partial charge on any atom is 0.244 e. The number of rotatable bonds is 5. The van der Waals surface area contributed by atoms with Crippen LogP contribution in [0.25, 0.3) is 11.4 Å². The predicted molar refractivity (Wildman–Crippen MR) is 107 cm³/mol. The van der Waals surface area contributed by atoms with Crippen molar-refractivity contribution in [3.8, 4) is 17.5 Å². The second-order valence-corrected chi connectivity index (χ2v) is 8.83. The molecule has 1 aliphatic heterocycles. The van der Waals surface area contributed by atoms with Crippen LogP contribution in [-0.2, 0) is 10.0 Å². The molecule has 0 saturated carbocycles. The van der Waals surface area contributed by atoms with E-state index in [9.17, 15) is 13.7 Å². The first kappa shape index (κ1) is 20.2. The van der Waals surface area contributed by atoms with Gasteiger partial charge < -0.3 is 4.52 Å². The van der Waals surface area contributed by atoms with Crippen LogP contribution in [0.15, 0.2) is 58.2 Å². The van der Waals surface area contributed by atoms with Gasteiger partial charge in [-0.3, -0.25) is 9.88 Å². The van der Waals surface area contributed by atoms with Crippen LogP contribution >= 0.6 is 0 Å². The number of aromatic nitrogens is 3. The average molecular weight is 424 g/mol. The number of nitriles is 1. The highest BCUT2D eigenvalue weighted by Gasteiger charge is 2.33. The van der Waals surface area contributed by atoms with Crippen molar-refractivity contribution < 1.29 is 12.9 Å². The van der Waals surface area contributed by atoms with E-state index in [0.717, 1.165) is 5.56 Å². The first-order valence-corrected chi connectivity index (χ1v) is 10.9. The Hall–Kier alpha value is -3.13. The molecule has 0 amide bonds. The highest BCUT2D eigenvalue weighted by molar-refractivity contribution is 7.89. The van der Waals surface area contributed by atoms with Crippen LogP contribution in [0, 0.1) is 11.3 Å². The van der Waals surface area contributed by atoms with Gasteiger partial charge in [-0.15, -0.1) is 0 Å². The van der Waals surface area contributed by atoms with Crippen LogP contribution in [0.5, 0.6) is 0 Å². The number of piperazine rings is 1. The Kier molecular flexibility index (Phi) is 5.59. The SMILES string of the molecule is CC(c1nc(-c2cccnc2)no1)N1CCN(S(=O)(=O)c2ccccc2C#N)CC1. The van der Waals surface area contributed by atoms with Crippen molar-refractivity contribution in [3.63, 3.8) is 0 Å². The fraction of sp³-hybridized carbons (Fsp3) is 0.300. The van der Waals surface area contributed by atoms with Crippen molar-refractivity contribution in [3.05, 3.63) is 60.2 Å². The minimum atomic E-state index is -3.72. The largest absolute Gasteiger partial charge is 0.337 e. The maximum atomic E-state index is 13.0. The van der Waals surface area contributed by atoms with Gasteiger partial charge in [0.1, 0.15) is 6.07 Å². The van der Waals surface area contributed by atoms with E-state index in [0.29, 0.717) is 37.9 Å². The molecule has 1 fully saturated rings. The van der Waals surface area contributed by atoms with E-state index in [1.165, 1.54) is 16.4 Å². The second kappa shape index (κ2) is 8.31. The molecule has 0 spiro atoms. The zero-order chi connectivity index (χ0) is 21.1. The highest BCUT2D eigenvalue weighted by Crippen LogP contribution is 2.26. The van der Waals surface area contributed by atoms with E-state index in [-0.39, 0.29) is 16.5 Å². The molecular weight excluding hydrogens is 404 g/mol. The Labute approximate surface area is 174 Å². The van der Waals surface area contributed by atoms with Crippen LogP contribution < -0.4 is 0 Å². The Morgan fingerprint density at radius 2 is 1.90 bits per heavy atom. The van der Waals surface area contributed by atoms with Gasteiger partial charge in [0.2, 0.25) is 21.7 Å². The summed E-state index contributed by atoms with van der Waals surface area (Å²) in [5.74, 6) is 0.944. The molecule has 1 unspecified atom stereocenters. The van der Waals surface area contributed by atoms with Crippen molar-refractivity contribution in [2.24, 2.45) is 0 Å². The van der Waals surface area contributed by atoms with Crippen LogP contribution in [0.4, 0.5) is 0 Å². The van der Waals surface area contributed by atoms with Crippen LogP contribution in [0.2, 0.25) is 0 Å². The first-order chi connectivity index (χ1) is 14.5. The predicted octanol–water partition coefficient (Wildman–Crippen LogP) is 2.07. The Morgan fingerprint density at radius 1 is 1.13 bits per heavy atom. The highest BCUT2D eigenvalue weighted by atomic mass is 32.2. The van der Waals surface area contributed by atoms with E-state index in [2.05, 4.69) is 20.0 Å². The van der Waals surface area contributed by atoms with Gasteiger partial charge in [-0.2, -0.15) is 14.6 Å². The number of hydrogen-bond donors (Lipinski definition) is 0. The average Bonchev–Trinajstić information content (AvgIpc) is 3.29. The summed E-state index contributed by atoms with van der Waals surface area (Å²) in [5, 5.41) is 13.3. The molecule has 0 radical (unpaired) electrons. The van der Waals surface area contributed by atoms with Gasteiger partial charge in [0, 0.05) is 44.1 Å². The third kappa shape index (κ3) is 3.82. The van der Waals surface area contributed by atoms with Crippen molar-refractivity contribution in [1.29, 1.82) is 5.26 Å². The fourth-order valence-electron chi connectivity index (χ4n) is 3.43. The van der Waals surface area contributed by atoms with Gasteiger partial charge >= 0.3 is 0 Å². The molecule has 3 heterocycles. The van der Waals surface area contributed by atoms with Gasteiger partial charge in [-0.05, 0) is 31.2 Å². The summed E-state index contributed by atoms with van der Waals surface area (Å²) >= 11 is 0. The molecule has 30 heavy (non-hydrogen) atoms. The molecular formula is C20H20N6O3S. The van der Waals surface area contributed by atoms with Gasteiger partial charge in [-0.1, -0.05) is 17.3 Å². The molecule has 1 aromatic carbocycles. The topological polar surface area (TPSA) is 116 Å². The van der Waals surface area contributed by atoms with E-state index in [1.807, 2.05) is 19.1 Å². The lowest BCUT2D eigenvalue weighted by Crippen LogP contribution is -2.49. The van der Waals surface area contributed by atoms with E-state index < -0.39 is 10.0 Å². The molecule has 1 aliphatic rings. The first-order valence-electron chi connectivity index (χ1n) is 9.48. The second-order valence-electron chi connectivity index (χ2n) is 6.92. The van der Waals surface area contributed by atoms with Gasteiger partial charge in [0.05, 0.1) is 16.5 Å². The Balaban J connectivity index is 1.45. The minimum Gasteiger partial charge on any atom is -0.337 e. The van der Waals surface area contributed by atoms with Crippen molar-refractivity contribution in [2.45, 2.75) is 17.9 Å². The van der Waals surface area contributed by atoms with Gasteiger partial charge in [0.25, 0.3) is 0 Å². The standard InChI is InChI=1S/C20H20N6O3S/c1-15(20-23-19(24-29-20)17-6-4-8-22-14-17)25-9-11-26(12-10-25)30(27,28)18-7-3-2-5-16(18)13-21/h2-8,14-15H,9-12H2,1H3. The molecule has 0 bridgehead atoms. The Bertz CT molecular complexity index is 1160. The zero-order valence-electron chi connectivity index (χ0n) is 16.3. The van der Waals surface area contributed by atoms with Gasteiger partial charge in [0.15, 0.2) is 0 Å². The van der Waals surface area contributed by atoms with Crippen molar-refractivity contribution >= 4 is 10.0 Å². The normalized spacial score (nSPS) is 16.8. The summed E-state index contributed by atoms with van der Waals surface area (Å²) in [6.07, 6.45) is 3.34. The summed E-state index contributed by atoms with van der Waals surface area (Å²) in [6.45, 7) is 3.61. The number of hydrogen-bond acceptors (Lipinski definition) is 8. The van der Waals surface area contributed by atoms with E-state index in [1.54, 1.807) is 30.6 Å². The summed E-state index contributed by atoms with van der Waals surface area (Å²) < 4.78 is 32.8. The molecule has 9 nitrogen and oxygen atoms in total. The summed E-state index contributed by atoms with van der Waals surface area (Å²) in [6, 6.07) is 11.7. The van der Waals surface area contributed by atoms with Crippen LogP contribution in [0.1, 0.15) is 24.4 Å². The number of benzene rings is 1. The number of nitrogens with zero attached hydrogens (tertiary/aromatic N) is 6.